The van der Waals surface area contributed by atoms with Crippen molar-refractivity contribution in [1.29, 1.82) is 0 Å². The van der Waals surface area contributed by atoms with Gasteiger partial charge in [0, 0.05) is 11.1 Å². The predicted molar refractivity (Wildman–Crippen MR) is 153 cm³/mol. The van der Waals surface area contributed by atoms with E-state index in [9.17, 15) is 0 Å². The van der Waals surface area contributed by atoms with E-state index in [1.54, 1.807) is 0 Å². The van der Waals surface area contributed by atoms with Gasteiger partial charge in [-0.2, -0.15) is 0 Å². The SMILES string of the molecule is CCCCCCCCC1CC=C(c2ccc(C3=CCC(CCCCCCCC)CC3)c(F)c2F)CC1. The van der Waals surface area contributed by atoms with Crippen molar-refractivity contribution in [3.8, 4) is 0 Å². The van der Waals surface area contributed by atoms with Gasteiger partial charge in [-0.1, -0.05) is 128 Å². The second-order valence-corrected chi connectivity index (χ2v) is 11.6. The Labute approximate surface area is 221 Å². The van der Waals surface area contributed by atoms with Gasteiger partial charge in [0.15, 0.2) is 11.6 Å². The van der Waals surface area contributed by atoms with Crippen LogP contribution in [0.25, 0.3) is 11.1 Å². The van der Waals surface area contributed by atoms with Crippen molar-refractivity contribution < 1.29 is 8.78 Å². The molecule has 0 nitrogen and oxygen atoms in total. The molecule has 2 atom stereocenters. The summed E-state index contributed by atoms with van der Waals surface area (Å²) in [5.74, 6) is 0.152. The fourth-order valence-electron chi connectivity index (χ4n) is 6.26. The number of benzene rings is 1. The minimum Gasteiger partial charge on any atom is -0.203 e. The number of hydrogen-bond donors (Lipinski definition) is 0. The molecule has 2 aliphatic rings. The van der Waals surface area contributed by atoms with Crippen LogP contribution in [-0.4, -0.2) is 0 Å². The molecule has 0 bridgehead atoms. The normalized spacial score (nSPS) is 20.3. The molecular formula is C34H52F2. The molecule has 202 valence electrons. The van der Waals surface area contributed by atoms with Crippen molar-refractivity contribution in [2.24, 2.45) is 11.8 Å². The van der Waals surface area contributed by atoms with Gasteiger partial charge in [0.25, 0.3) is 0 Å². The summed E-state index contributed by atoms with van der Waals surface area (Å²) in [7, 11) is 0. The van der Waals surface area contributed by atoms with Crippen LogP contribution in [0.5, 0.6) is 0 Å². The van der Waals surface area contributed by atoms with Crippen molar-refractivity contribution in [3.05, 3.63) is 47.0 Å². The van der Waals surface area contributed by atoms with E-state index >= 15 is 8.78 Å². The van der Waals surface area contributed by atoms with E-state index in [-0.39, 0.29) is 0 Å². The summed E-state index contributed by atoms with van der Waals surface area (Å²) in [5.41, 5.74) is 3.00. The van der Waals surface area contributed by atoms with Gasteiger partial charge in [0.2, 0.25) is 0 Å². The Morgan fingerprint density at radius 3 is 1.33 bits per heavy atom. The largest absolute Gasteiger partial charge is 0.203 e. The highest BCUT2D eigenvalue weighted by atomic mass is 19.2. The summed E-state index contributed by atoms with van der Waals surface area (Å²) in [6, 6.07) is 3.69. The van der Waals surface area contributed by atoms with E-state index in [4.69, 9.17) is 0 Å². The highest BCUT2D eigenvalue weighted by Crippen LogP contribution is 2.38. The van der Waals surface area contributed by atoms with Crippen LogP contribution in [0.3, 0.4) is 0 Å². The number of allylic oxidation sites excluding steroid dienone is 4. The molecular weight excluding hydrogens is 446 g/mol. The van der Waals surface area contributed by atoms with Crippen molar-refractivity contribution in [1.82, 2.24) is 0 Å². The zero-order valence-corrected chi connectivity index (χ0v) is 23.4. The van der Waals surface area contributed by atoms with E-state index < -0.39 is 11.6 Å². The topological polar surface area (TPSA) is 0 Å². The number of rotatable bonds is 16. The second-order valence-electron chi connectivity index (χ2n) is 11.6. The fraction of sp³-hybridized carbons (Fsp3) is 0.706. The summed E-state index contributed by atoms with van der Waals surface area (Å²) in [6.45, 7) is 4.52. The van der Waals surface area contributed by atoms with Crippen LogP contribution in [0, 0.1) is 23.5 Å². The van der Waals surface area contributed by atoms with Crippen LogP contribution in [0.4, 0.5) is 8.78 Å². The van der Waals surface area contributed by atoms with Crippen LogP contribution in [0.2, 0.25) is 0 Å². The third kappa shape index (κ3) is 9.14. The third-order valence-electron chi connectivity index (χ3n) is 8.75. The lowest BCUT2D eigenvalue weighted by Crippen LogP contribution is -2.09. The van der Waals surface area contributed by atoms with Gasteiger partial charge in [-0.05, 0) is 61.5 Å². The van der Waals surface area contributed by atoms with Crippen molar-refractivity contribution >= 4 is 11.1 Å². The highest BCUT2D eigenvalue weighted by molar-refractivity contribution is 5.72. The van der Waals surface area contributed by atoms with Gasteiger partial charge in [0.05, 0.1) is 0 Å². The molecule has 0 saturated carbocycles. The standard InChI is InChI=1S/C34H52F2/c1-3-5-7-9-11-13-15-27-17-21-29(22-18-27)31-25-26-32(34(36)33(31)35)30-23-19-28(20-24-30)16-14-12-10-8-6-4-2/h21,23,25-28H,3-20,22,24H2,1-2H3. The van der Waals surface area contributed by atoms with Gasteiger partial charge in [0.1, 0.15) is 0 Å². The smallest absolute Gasteiger partial charge is 0.166 e. The van der Waals surface area contributed by atoms with Crippen LogP contribution in [0.15, 0.2) is 24.3 Å². The number of unbranched alkanes of at least 4 members (excludes halogenated alkanes) is 10. The van der Waals surface area contributed by atoms with Gasteiger partial charge in [-0.15, -0.1) is 0 Å². The van der Waals surface area contributed by atoms with Crippen LogP contribution < -0.4 is 0 Å². The molecule has 1 aromatic carbocycles. The zero-order valence-electron chi connectivity index (χ0n) is 23.4. The highest BCUT2D eigenvalue weighted by Gasteiger charge is 2.23. The Hall–Kier alpha value is -1.44. The lowest BCUT2D eigenvalue weighted by atomic mass is 9.82. The molecule has 0 heterocycles. The van der Waals surface area contributed by atoms with E-state index in [1.165, 1.54) is 89.9 Å². The van der Waals surface area contributed by atoms with Gasteiger partial charge in [-0.3, -0.25) is 0 Å². The van der Waals surface area contributed by atoms with Gasteiger partial charge >= 0.3 is 0 Å². The lowest BCUT2D eigenvalue weighted by molar-refractivity contribution is 0.421. The van der Waals surface area contributed by atoms with E-state index in [0.717, 1.165) is 49.7 Å². The van der Waals surface area contributed by atoms with Crippen molar-refractivity contribution in [2.75, 3.05) is 0 Å². The summed E-state index contributed by atoms with van der Waals surface area (Å²) in [5, 5.41) is 0. The molecule has 0 amide bonds. The second kappa shape index (κ2) is 16.4. The molecule has 0 radical (unpaired) electrons. The van der Waals surface area contributed by atoms with E-state index in [2.05, 4.69) is 26.0 Å². The fourth-order valence-corrected chi connectivity index (χ4v) is 6.26. The zero-order chi connectivity index (χ0) is 25.6. The maximum atomic E-state index is 15.2. The van der Waals surface area contributed by atoms with Crippen LogP contribution in [-0.2, 0) is 0 Å². The lowest BCUT2D eigenvalue weighted by Gasteiger charge is -2.24. The molecule has 0 N–H and O–H groups in total. The molecule has 0 fully saturated rings. The Morgan fingerprint density at radius 2 is 0.972 bits per heavy atom. The Kier molecular flexibility index (Phi) is 13.3. The first-order chi connectivity index (χ1) is 17.6. The monoisotopic (exact) mass is 498 g/mol. The quantitative estimate of drug-likeness (QED) is 0.199. The van der Waals surface area contributed by atoms with Crippen molar-refractivity contribution in [3.63, 3.8) is 0 Å². The molecule has 36 heavy (non-hydrogen) atoms. The minimum atomic E-state index is -0.636. The average molecular weight is 499 g/mol. The van der Waals surface area contributed by atoms with E-state index in [1.807, 2.05) is 12.1 Å². The number of halogens is 2. The average Bonchev–Trinajstić information content (AvgIpc) is 2.91. The summed E-state index contributed by atoms with van der Waals surface area (Å²) >= 11 is 0. The Balaban J connectivity index is 1.47. The summed E-state index contributed by atoms with van der Waals surface area (Å²) < 4.78 is 30.4. The summed E-state index contributed by atoms with van der Waals surface area (Å²) in [4.78, 5) is 0. The minimum absolute atomic E-state index is 0.492. The first kappa shape index (κ1) is 29.1. The Bertz CT molecular complexity index is 765. The Morgan fingerprint density at radius 1 is 0.583 bits per heavy atom. The summed E-state index contributed by atoms with van der Waals surface area (Å²) in [6.07, 6.45) is 29.0. The van der Waals surface area contributed by atoms with Crippen LogP contribution >= 0.6 is 0 Å². The van der Waals surface area contributed by atoms with E-state index in [0.29, 0.717) is 23.0 Å². The first-order valence-electron chi connectivity index (χ1n) is 15.5. The van der Waals surface area contributed by atoms with Crippen molar-refractivity contribution in [2.45, 2.75) is 142 Å². The molecule has 0 aliphatic heterocycles. The molecule has 0 aromatic heterocycles. The van der Waals surface area contributed by atoms with Gasteiger partial charge in [-0.25, -0.2) is 8.78 Å². The third-order valence-corrected chi connectivity index (χ3v) is 8.75. The molecule has 0 saturated heterocycles. The maximum absolute atomic E-state index is 15.2. The van der Waals surface area contributed by atoms with Gasteiger partial charge < -0.3 is 0 Å². The maximum Gasteiger partial charge on any atom is 0.166 e. The molecule has 1 aromatic rings. The molecule has 0 spiro atoms. The first-order valence-corrected chi connectivity index (χ1v) is 15.5. The number of hydrogen-bond acceptors (Lipinski definition) is 0. The molecule has 2 heteroatoms. The molecule has 2 unspecified atom stereocenters. The molecule has 3 rings (SSSR count). The predicted octanol–water partition coefficient (Wildman–Crippen LogP) is 11.8. The van der Waals surface area contributed by atoms with Crippen LogP contribution in [0.1, 0.15) is 153 Å². The molecule has 2 aliphatic carbocycles.